The van der Waals surface area contributed by atoms with E-state index in [4.69, 9.17) is 44.0 Å². The molecule has 6 aromatic carbocycles. The molecule has 84 heavy (non-hydrogen) atoms. The smallest absolute Gasteiger partial charge is 0.228 e. The van der Waals surface area contributed by atoms with Crippen LogP contribution in [-0.2, 0) is 4.74 Å². The van der Waals surface area contributed by atoms with Crippen LogP contribution < -0.4 is 5.32 Å². The number of aryl methyl sites for hydroxylation is 2. The zero-order chi connectivity index (χ0) is 55.8. The Balaban J connectivity index is 0.669. The summed E-state index contributed by atoms with van der Waals surface area (Å²) in [7, 11) is 0. The van der Waals surface area contributed by atoms with Crippen LogP contribution in [0.3, 0.4) is 0 Å². The Hall–Kier alpha value is -11.4. The molecule has 12 heteroatoms. The second-order valence-electron chi connectivity index (χ2n) is 21.2. The van der Waals surface area contributed by atoms with E-state index in [-0.39, 0.29) is 0 Å². The molecule has 1 aliphatic heterocycles. The van der Waals surface area contributed by atoms with Crippen LogP contribution in [0.4, 0.5) is 0 Å². The van der Waals surface area contributed by atoms with Crippen molar-refractivity contribution in [1.29, 1.82) is 0 Å². The number of benzene rings is 6. The highest BCUT2D eigenvalue weighted by molar-refractivity contribution is 6.12. The van der Waals surface area contributed by atoms with Gasteiger partial charge in [0.2, 0.25) is 5.89 Å². The number of fused-ring (bicyclic) bond motifs is 7. The molecule has 0 aliphatic carbocycles. The normalized spacial score (nSPS) is 13.3. The summed E-state index contributed by atoms with van der Waals surface area (Å²) in [5.41, 5.74) is 18.9. The summed E-state index contributed by atoms with van der Waals surface area (Å²) in [5, 5.41) is 9.93. The zero-order valence-electron chi connectivity index (χ0n) is 45.5. The van der Waals surface area contributed by atoms with Crippen LogP contribution in [0.2, 0.25) is 0 Å². The molecule has 16 rings (SSSR count). The van der Waals surface area contributed by atoms with E-state index < -0.39 is 6.23 Å². The highest BCUT2D eigenvalue weighted by Gasteiger charge is 2.26. The molecule has 1 N–H and O–H groups in total. The third-order valence-electron chi connectivity index (χ3n) is 15.9. The first-order chi connectivity index (χ1) is 41.4. The first kappa shape index (κ1) is 48.5. The predicted molar refractivity (Wildman–Crippen MR) is 333 cm³/mol. The molecule has 1 atom stereocenters. The summed E-state index contributed by atoms with van der Waals surface area (Å²) in [4.78, 5) is 34.6. The van der Waals surface area contributed by atoms with E-state index in [9.17, 15) is 0 Å². The lowest BCUT2D eigenvalue weighted by molar-refractivity contribution is 0.155. The van der Waals surface area contributed by atoms with Crippen LogP contribution in [0.1, 0.15) is 23.2 Å². The van der Waals surface area contributed by atoms with Gasteiger partial charge in [0.1, 0.15) is 18.3 Å². The fraction of sp³-hybridized carbons (Fsp3) is 0.0417. The number of nitrogens with zero attached hydrogens (tertiary/aromatic N) is 9. The second kappa shape index (κ2) is 19.7. The lowest BCUT2D eigenvalue weighted by atomic mass is 10.0. The fourth-order valence-electron chi connectivity index (χ4n) is 11.9. The Kier molecular flexibility index (Phi) is 11.4. The molecular weight excluding hydrogens is 1040 g/mol. The van der Waals surface area contributed by atoms with Crippen molar-refractivity contribution >= 4 is 60.2 Å². The number of nitrogens with one attached hydrogen (secondary N) is 1. The van der Waals surface area contributed by atoms with Gasteiger partial charge in [0.05, 0.1) is 56.2 Å². The number of hydrogen-bond acceptors (Lipinski definition) is 10. The van der Waals surface area contributed by atoms with Gasteiger partial charge in [0.25, 0.3) is 0 Å². The molecule has 0 saturated carbocycles. The Morgan fingerprint density at radius 1 is 0.417 bits per heavy atom. The van der Waals surface area contributed by atoms with Gasteiger partial charge in [0.15, 0.2) is 12.0 Å². The van der Waals surface area contributed by atoms with Gasteiger partial charge in [-0.3, -0.25) is 29.1 Å². The molecule has 1 aliphatic rings. The number of pyridine rings is 6. The average Bonchev–Trinajstić information content (AvgIpc) is 4.38. The van der Waals surface area contributed by atoms with Crippen molar-refractivity contribution < 1.29 is 9.15 Å². The number of rotatable bonds is 10. The monoisotopic (exact) mass is 1080 g/mol. The topological polar surface area (TPSA) is 134 Å². The first-order valence-electron chi connectivity index (χ1n) is 27.8. The number of aromatic nitrogens is 9. The Labute approximate surface area is 481 Å². The van der Waals surface area contributed by atoms with E-state index in [1.165, 1.54) is 0 Å². The van der Waals surface area contributed by atoms with Gasteiger partial charge < -0.3 is 14.5 Å². The number of ether oxygens (including phenoxy) is 1. The number of oxazole rings is 1. The van der Waals surface area contributed by atoms with Crippen LogP contribution >= 0.6 is 0 Å². The van der Waals surface area contributed by atoms with Crippen molar-refractivity contribution in [1.82, 2.24) is 49.3 Å². The number of hydrogen-bond donors (Lipinski definition) is 1. The standard InChI is InChI=1S/C72H48N10O2/c1-43-33-65-57(39-75-43)55-37-49(59-19-9-21-61(77-59)69-53(17-11-31-73-69)45-13-5-3-6-14-45)27-29-63(55)81(65)67-41-83-71(79-67)51-25-23-48-36-52(26-24-47(48)35-51)72-80-68(42-84-72)82-64-30-28-50(38-56(64)58-40-76-44(2)34-66(58)82)60-20-10-22-62(78-60)70-54(18-12-32-74-70)46-15-7-4-8-16-46/h3-42,71,79H,1-2H3. The molecule has 12 nitrogen and oxygen atoms in total. The van der Waals surface area contributed by atoms with Gasteiger partial charge in [-0.15, -0.1) is 0 Å². The lowest BCUT2D eigenvalue weighted by Crippen LogP contribution is -2.18. The third-order valence-corrected chi connectivity index (χ3v) is 15.9. The summed E-state index contributed by atoms with van der Waals surface area (Å²) in [6.45, 7) is 4.03. The van der Waals surface area contributed by atoms with Gasteiger partial charge in [0, 0.05) is 91.1 Å². The van der Waals surface area contributed by atoms with Crippen molar-refractivity contribution in [3.8, 4) is 84.8 Å². The maximum Gasteiger partial charge on any atom is 0.228 e. The van der Waals surface area contributed by atoms with E-state index in [2.05, 4.69) is 148 Å². The van der Waals surface area contributed by atoms with Crippen LogP contribution in [0, 0.1) is 13.8 Å². The van der Waals surface area contributed by atoms with Gasteiger partial charge in [-0.2, -0.15) is 4.98 Å². The quantitative estimate of drug-likeness (QED) is 0.141. The molecule has 0 bridgehead atoms. The summed E-state index contributed by atoms with van der Waals surface area (Å²) < 4.78 is 17.1. The van der Waals surface area contributed by atoms with E-state index in [1.807, 2.05) is 118 Å². The minimum absolute atomic E-state index is 0.422. The summed E-state index contributed by atoms with van der Waals surface area (Å²) in [6, 6.07) is 70.9. The molecule has 0 fully saturated rings. The fourth-order valence-corrected chi connectivity index (χ4v) is 11.9. The minimum Gasteiger partial charge on any atom is -0.470 e. The predicted octanol–water partition coefficient (Wildman–Crippen LogP) is 16.8. The van der Waals surface area contributed by atoms with E-state index in [1.54, 1.807) is 6.26 Å². The van der Waals surface area contributed by atoms with Crippen molar-refractivity contribution in [3.63, 3.8) is 0 Å². The lowest BCUT2D eigenvalue weighted by Gasteiger charge is -2.15. The second-order valence-corrected chi connectivity index (χ2v) is 21.2. The Morgan fingerprint density at radius 3 is 1.58 bits per heavy atom. The van der Waals surface area contributed by atoms with Crippen molar-refractivity contribution in [2.24, 2.45) is 0 Å². The van der Waals surface area contributed by atoms with Gasteiger partial charge in [-0.05, 0) is 127 Å². The maximum atomic E-state index is 6.45. The molecule has 0 saturated heterocycles. The zero-order valence-corrected chi connectivity index (χ0v) is 45.5. The summed E-state index contributed by atoms with van der Waals surface area (Å²) >= 11 is 0. The average molecular weight is 1090 g/mol. The summed E-state index contributed by atoms with van der Waals surface area (Å²) in [6.07, 6.45) is 10.7. The van der Waals surface area contributed by atoms with Crippen LogP contribution in [0.25, 0.3) is 145 Å². The van der Waals surface area contributed by atoms with Crippen LogP contribution in [-0.4, -0.2) is 44.0 Å². The molecule has 10 heterocycles. The molecule has 15 aromatic rings. The van der Waals surface area contributed by atoms with Gasteiger partial charge >= 0.3 is 0 Å². The van der Waals surface area contributed by atoms with E-state index in [0.717, 1.165) is 150 Å². The largest absolute Gasteiger partial charge is 0.470 e. The molecular formula is C72H48N10O2. The van der Waals surface area contributed by atoms with Crippen LogP contribution in [0.5, 0.6) is 0 Å². The summed E-state index contributed by atoms with van der Waals surface area (Å²) in [5.74, 6) is 2.02. The SMILES string of the molecule is Cc1cc2c(cn1)c1cc(-c3cccc(-c4ncccc4-c4ccccc4)n3)ccc1n2C1=COC(c2ccc3cc(-c4nc(-n5c6ccc(-c7cccc(-c8ncccc8-c8ccccc8)n7)cc6c6cnc(C)cc65)co4)ccc3c2)N1. The molecule has 0 amide bonds. The van der Waals surface area contributed by atoms with E-state index >= 15 is 0 Å². The van der Waals surface area contributed by atoms with Crippen molar-refractivity contribution in [2.45, 2.75) is 20.1 Å². The highest BCUT2D eigenvalue weighted by Crippen LogP contribution is 2.40. The molecule has 398 valence electrons. The molecule has 0 spiro atoms. The Bertz CT molecular complexity index is 5140. The highest BCUT2D eigenvalue weighted by atomic mass is 16.5. The van der Waals surface area contributed by atoms with Crippen molar-refractivity contribution in [3.05, 3.63) is 261 Å². The maximum absolute atomic E-state index is 6.45. The third kappa shape index (κ3) is 8.34. The van der Waals surface area contributed by atoms with E-state index in [0.29, 0.717) is 11.7 Å². The van der Waals surface area contributed by atoms with Gasteiger partial charge in [-0.25, -0.2) is 9.97 Å². The van der Waals surface area contributed by atoms with Gasteiger partial charge in [-0.1, -0.05) is 115 Å². The molecule has 1 unspecified atom stereocenters. The molecule has 0 radical (unpaired) electrons. The minimum atomic E-state index is -0.422. The van der Waals surface area contributed by atoms with Crippen molar-refractivity contribution in [2.75, 3.05) is 0 Å². The molecule has 9 aromatic heterocycles. The first-order valence-corrected chi connectivity index (χ1v) is 27.8. The Morgan fingerprint density at radius 2 is 0.964 bits per heavy atom. The van der Waals surface area contributed by atoms with Crippen LogP contribution in [0.15, 0.2) is 248 Å².